The lowest BCUT2D eigenvalue weighted by Gasteiger charge is -2.30. The normalized spacial score (nSPS) is 20.0. The second-order valence-corrected chi connectivity index (χ2v) is 11.3. The Labute approximate surface area is 246 Å². The van der Waals surface area contributed by atoms with Gasteiger partial charge < -0.3 is 25.7 Å². The number of halogens is 7. The van der Waals surface area contributed by atoms with Gasteiger partial charge in [-0.1, -0.05) is 17.7 Å². The summed E-state index contributed by atoms with van der Waals surface area (Å²) >= 11 is 6.32. The lowest BCUT2D eigenvalue weighted by molar-refractivity contribution is -0.192. The minimum Gasteiger partial charge on any atom is -0.496 e. The summed E-state index contributed by atoms with van der Waals surface area (Å²) in [4.78, 5) is 32.7. The average Bonchev–Trinajstić information content (AvgIpc) is 3.68. The van der Waals surface area contributed by atoms with E-state index in [1.165, 1.54) is 25.3 Å². The summed E-state index contributed by atoms with van der Waals surface area (Å²) in [6, 6.07) is 7.33. The van der Waals surface area contributed by atoms with Crippen LogP contribution in [-0.2, 0) is 11.3 Å². The SMILES string of the molecule is COc1cc2nc(Nc3cc(CNC(=O)C4(C(F)(F)F)CC4)ccc3Cl)[nH]c2cc1C(=O)NC1CCC(C(F)(F)F)CC1. The first-order valence-electron chi connectivity index (χ1n) is 13.6. The van der Waals surface area contributed by atoms with Gasteiger partial charge in [-0.25, -0.2) is 4.98 Å². The molecular weight excluding hydrogens is 604 g/mol. The van der Waals surface area contributed by atoms with Gasteiger partial charge in [0.05, 0.1) is 40.3 Å². The van der Waals surface area contributed by atoms with E-state index in [1.807, 2.05) is 0 Å². The molecule has 232 valence electrons. The monoisotopic (exact) mass is 631 g/mol. The summed E-state index contributed by atoms with van der Waals surface area (Å²) in [7, 11) is 1.38. The van der Waals surface area contributed by atoms with Gasteiger partial charge in [0.2, 0.25) is 11.9 Å². The van der Waals surface area contributed by atoms with E-state index in [0.29, 0.717) is 22.3 Å². The van der Waals surface area contributed by atoms with Crippen LogP contribution in [0.1, 0.15) is 54.4 Å². The number of aromatic amines is 1. The van der Waals surface area contributed by atoms with E-state index in [1.54, 1.807) is 12.1 Å². The number of carbonyl (C=O) groups is 2. The number of amides is 2. The number of H-pyrrole nitrogens is 1. The van der Waals surface area contributed by atoms with Gasteiger partial charge >= 0.3 is 12.4 Å². The molecular formula is C28H28ClF6N5O3. The predicted molar refractivity (Wildman–Crippen MR) is 146 cm³/mol. The molecule has 4 N–H and O–H groups in total. The number of hydrogen-bond donors (Lipinski definition) is 4. The Morgan fingerprint density at radius 3 is 2.37 bits per heavy atom. The molecule has 0 saturated heterocycles. The lowest BCUT2D eigenvalue weighted by atomic mass is 9.85. The molecule has 3 aromatic rings. The van der Waals surface area contributed by atoms with Crippen LogP contribution < -0.4 is 20.7 Å². The molecule has 5 rings (SSSR count). The van der Waals surface area contributed by atoms with Crippen LogP contribution in [0, 0.1) is 11.3 Å². The molecule has 1 aromatic heterocycles. The van der Waals surface area contributed by atoms with Crippen molar-refractivity contribution < 1.29 is 40.7 Å². The molecule has 0 bridgehead atoms. The first-order chi connectivity index (χ1) is 20.2. The average molecular weight is 632 g/mol. The maximum absolute atomic E-state index is 13.2. The number of benzene rings is 2. The van der Waals surface area contributed by atoms with E-state index in [9.17, 15) is 35.9 Å². The van der Waals surface area contributed by atoms with E-state index >= 15 is 0 Å². The number of rotatable bonds is 8. The fourth-order valence-corrected chi connectivity index (χ4v) is 5.46. The number of nitrogens with zero attached hydrogens (tertiary/aromatic N) is 1. The standard InChI is InChI=1S/C28H28ClF6N5O3/c1-43-22-12-21-20(11-17(22)23(41)37-16-5-3-15(4-6-16)27(30,31)32)39-25(40-21)38-19-10-14(2-7-18(19)29)13-36-24(42)26(8-9-26)28(33,34)35/h2,7,10-12,15-16H,3-6,8-9,13H2,1H3,(H,36,42)(H,37,41)(H2,38,39,40). The zero-order chi connectivity index (χ0) is 31.2. The second kappa shape index (κ2) is 11.4. The van der Waals surface area contributed by atoms with Crippen LogP contribution in [0.3, 0.4) is 0 Å². The summed E-state index contributed by atoms with van der Waals surface area (Å²) in [5.41, 5.74) is -0.397. The highest BCUT2D eigenvalue weighted by molar-refractivity contribution is 6.33. The summed E-state index contributed by atoms with van der Waals surface area (Å²) < 4.78 is 84.0. The molecule has 15 heteroatoms. The molecule has 2 amide bonds. The maximum Gasteiger partial charge on any atom is 0.403 e. The van der Waals surface area contributed by atoms with Gasteiger partial charge in [0.1, 0.15) is 11.2 Å². The Bertz CT molecular complexity index is 1530. The van der Waals surface area contributed by atoms with Crippen LogP contribution in [0.25, 0.3) is 11.0 Å². The molecule has 1 heterocycles. The number of nitrogens with one attached hydrogen (secondary N) is 4. The molecule has 0 radical (unpaired) electrons. The molecule has 2 aliphatic rings. The first-order valence-corrected chi connectivity index (χ1v) is 13.9. The summed E-state index contributed by atoms with van der Waals surface area (Å²) in [6.07, 6.45) is -9.00. The first kappa shape index (κ1) is 30.8. The van der Waals surface area contributed by atoms with Gasteiger partial charge in [0.15, 0.2) is 0 Å². The van der Waals surface area contributed by atoms with Gasteiger partial charge in [-0.2, -0.15) is 26.3 Å². The van der Waals surface area contributed by atoms with Gasteiger partial charge in [0.25, 0.3) is 5.91 Å². The van der Waals surface area contributed by atoms with Crippen LogP contribution >= 0.6 is 11.6 Å². The van der Waals surface area contributed by atoms with Gasteiger partial charge in [-0.3, -0.25) is 9.59 Å². The van der Waals surface area contributed by atoms with Crippen LogP contribution in [0.5, 0.6) is 5.75 Å². The Balaban J connectivity index is 1.27. The van der Waals surface area contributed by atoms with E-state index in [-0.39, 0.29) is 67.4 Å². The third-order valence-corrected chi connectivity index (χ3v) is 8.37. The second-order valence-electron chi connectivity index (χ2n) is 10.9. The van der Waals surface area contributed by atoms with Crippen molar-refractivity contribution in [1.82, 2.24) is 20.6 Å². The van der Waals surface area contributed by atoms with Crippen LogP contribution in [-0.4, -0.2) is 47.3 Å². The molecule has 0 atom stereocenters. The van der Waals surface area contributed by atoms with Crippen molar-refractivity contribution in [3.8, 4) is 5.75 Å². The van der Waals surface area contributed by atoms with Gasteiger partial charge in [0, 0.05) is 18.7 Å². The van der Waals surface area contributed by atoms with Crippen molar-refractivity contribution in [3.05, 3.63) is 46.5 Å². The van der Waals surface area contributed by atoms with Crippen molar-refractivity contribution in [1.29, 1.82) is 0 Å². The van der Waals surface area contributed by atoms with Crippen molar-refractivity contribution in [2.75, 3.05) is 12.4 Å². The van der Waals surface area contributed by atoms with Crippen LogP contribution in [0.15, 0.2) is 30.3 Å². The fourth-order valence-electron chi connectivity index (χ4n) is 5.29. The van der Waals surface area contributed by atoms with Crippen molar-refractivity contribution in [2.24, 2.45) is 11.3 Å². The zero-order valence-corrected chi connectivity index (χ0v) is 23.6. The summed E-state index contributed by atoms with van der Waals surface area (Å²) in [5, 5.41) is 8.43. The number of methoxy groups -OCH3 is 1. The van der Waals surface area contributed by atoms with E-state index < -0.39 is 41.5 Å². The Morgan fingerprint density at radius 1 is 1.07 bits per heavy atom. The third-order valence-electron chi connectivity index (χ3n) is 8.04. The maximum atomic E-state index is 13.2. The molecule has 2 aromatic carbocycles. The lowest BCUT2D eigenvalue weighted by Crippen LogP contribution is -2.40. The van der Waals surface area contributed by atoms with Crippen molar-refractivity contribution >= 4 is 46.1 Å². The highest BCUT2D eigenvalue weighted by Gasteiger charge is 2.68. The molecule has 0 spiro atoms. The van der Waals surface area contributed by atoms with Crippen LogP contribution in [0.2, 0.25) is 5.02 Å². The quantitative estimate of drug-likeness (QED) is 0.205. The number of anilines is 2. The van der Waals surface area contributed by atoms with E-state index in [0.717, 1.165) is 0 Å². The van der Waals surface area contributed by atoms with Crippen molar-refractivity contribution in [2.45, 2.75) is 63.5 Å². The molecule has 43 heavy (non-hydrogen) atoms. The molecule has 0 unspecified atom stereocenters. The number of ether oxygens (including phenoxy) is 1. The van der Waals surface area contributed by atoms with Crippen molar-refractivity contribution in [3.63, 3.8) is 0 Å². The minimum atomic E-state index is -4.61. The Morgan fingerprint density at radius 2 is 1.77 bits per heavy atom. The summed E-state index contributed by atoms with van der Waals surface area (Å²) in [5.74, 6) is -2.47. The highest BCUT2D eigenvalue weighted by atomic mass is 35.5. The smallest absolute Gasteiger partial charge is 0.403 e. The third kappa shape index (κ3) is 6.48. The number of fused-ring (bicyclic) bond motifs is 1. The Kier molecular flexibility index (Phi) is 8.18. The minimum absolute atomic E-state index is 0.0509. The number of alkyl halides is 6. The molecule has 2 saturated carbocycles. The van der Waals surface area contributed by atoms with Gasteiger partial charge in [-0.15, -0.1) is 0 Å². The molecule has 2 fully saturated rings. The zero-order valence-electron chi connectivity index (χ0n) is 22.8. The van der Waals surface area contributed by atoms with Crippen LogP contribution in [0.4, 0.5) is 38.0 Å². The van der Waals surface area contributed by atoms with E-state index in [2.05, 4.69) is 25.9 Å². The number of imidazole rings is 1. The number of carbonyl (C=O) groups excluding carboxylic acids is 2. The number of hydrogen-bond acceptors (Lipinski definition) is 5. The molecule has 8 nitrogen and oxygen atoms in total. The molecule has 0 aliphatic heterocycles. The fraction of sp³-hybridized carbons (Fsp3) is 0.464. The largest absolute Gasteiger partial charge is 0.496 e. The Hall–Kier alpha value is -3.68. The predicted octanol–water partition coefficient (Wildman–Crippen LogP) is 6.78. The van der Waals surface area contributed by atoms with Gasteiger partial charge in [-0.05, 0) is 62.3 Å². The summed E-state index contributed by atoms with van der Waals surface area (Å²) in [6.45, 7) is -0.143. The molecule has 2 aliphatic carbocycles. The highest BCUT2D eigenvalue weighted by Crippen LogP contribution is 2.57. The van der Waals surface area contributed by atoms with E-state index in [4.69, 9.17) is 16.3 Å². The topological polar surface area (TPSA) is 108 Å². The number of aromatic nitrogens is 2.